The monoisotopic (exact) mass is 349 g/mol. The molecule has 0 unspecified atom stereocenters. The van der Waals surface area contributed by atoms with Gasteiger partial charge in [0.05, 0.1) is 12.2 Å². The van der Waals surface area contributed by atoms with Crippen LogP contribution >= 0.6 is 0 Å². The average Bonchev–Trinajstić information content (AvgIpc) is 2.85. The van der Waals surface area contributed by atoms with Crippen LogP contribution in [0.2, 0.25) is 0 Å². The van der Waals surface area contributed by atoms with Crippen molar-refractivity contribution in [2.24, 2.45) is 46.2 Å². The third-order valence-electron chi connectivity index (χ3n) is 9.53. The van der Waals surface area contributed by atoms with Gasteiger partial charge < -0.3 is 15.9 Å². The van der Waals surface area contributed by atoms with Gasteiger partial charge >= 0.3 is 0 Å². The Morgan fingerprint density at radius 1 is 0.920 bits per heavy atom. The Bertz CT molecular complexity index is 496. The van der Waals surface area contributed by atoms with Crippen LogP contribution in [0.3, 0.4) is 0 Å². The molecule has 0 aromatic carbocycles. The molecule has 4 N–H and O–H groups in total. The van der Waals surface area contributed by atoms with Crippen LogP contribution in [0.5, 0.6) is 0 Å². The highest BCUT2D eigenvalue weighted by atomic mass is 16.3. The molecular weight excluding hydrogens is 310 g/mol. The maximum absolute atomic E-state index is 11.1. The van der Waals surface area contributed by atoms with Crippen LogP contribution in [0.4, 0.5) is 0 Å². The SMILES string of the molecule is C[C@]12CC[C@@H](O)C[C@@H]1CC[C@@H]1[C@@H]2CC[C@]2(C)[C@@H](O)[C@H](CCCN)C[C@@H]12. The molecule has 3 nitrogen and oxygen atoms in total. The average molecular weight is 350 g/mol. The predicted octanol–water partition coefficient (Wildman–Crippen LogP) is 3.72. The Morgan fingerprint density at radius 2 is 1.68 bits per heavy atom. The number of aliphatic hydroxyl groups excluding tert-OH is 2. The smallest absolute Gasteiger partial charge is 0.0624 e. The van der Waals surface area contributed by atoms with Gasteiger partial charge in [0.15, 0.2) is 0 Å². The van der Waals surface area contributed by atoms with Crippen LogP contribution < -0.4 is 5.73 Å². The second kappa shape index (κ2) is 6.49. The summed E-state index contributed by atoms with van der Waals surface area (Å²) in [6, 6.07) is 0. The fraction of sp³-hybridized carbons (Fsp3) is 1.00. The largest absolute Gasteiger partial charge is 0.393 e. The molecule has 144 valence electrons. The molecule has 9 atom stereocenters. The van der Waals surface area contributed by atoms with Gasteiger partial charge in [-0.05, 0) is 111 Å². The molecule has 0 aromatic heterocycles. The molecule has 0 amide bonds. The zero-order valence-corrected chi connectivity index (χ0v) is 16.3. The first-order valence-corrected chi connectivity index (χ1v) is 11.0. The summed E-state index contributed by atoms with van der Waals surface area (Å²) in [6.45, 7) is 5.68. The van der Waals surface area contributed by atoms with Crippen LogP contribution in [0.1, 0.15) is 78.1 Å². The van der Waals surface area contributed by atoms with Gasteiger partial charge in [0.1, 0.15) is 0 Å². The van der Waals surface area contributed by atoms with Gasteiger partial charge in [0.25, 0.3) is 0 Å². The zero-order valence-electron chi connectivity index (χ0n) is 16.3. The van der Waals surface area contributed by atoms with Crippen LogP contribution in [-0.2, 0) is 0 Å². The van der Waals surface area contributed by atoms with E-state index in [1.54, 1.807) is 0 Å². The van der Waals surface area contributed by atoms with E-state index in [9.17, 15) is 10.2 Å². The Labute approximate surface area is 153 Å². The summed E-state index contributed by atoms with van der Waals surface area (Å²) < 4.78 is 0. The standard InChI is InChI=1S/C22H39NO2/c1-21-9-7-16(24)13-15(21)5-6-17-18(21)8-10-22(2)19(17)12-14(20(22)25)4-3-11-23/h14-20,24-25H,3-13,23H2,1-2H3/t14-,15+,16-,17-,18+,19+,20+,21+,22+/m1/s1. The van der Waals surface area contributed by atoms with Crippen molar-refractivity contribution in [3.63, 3.8) is 0 Å². The Morgan fingerprint density at radius 3 is 2.44 bits per heavy atom. The third kappa shape index (κ3) is 2.72. The van der Waals surface area contributed by atoms with Crippen LogP contribution in [0.25, 0.3) is 0 Å². The van der Waals surface area contributed by atoms with E-state index in [0.717, 1.165) is 50.0 Å². The summed E-state index contributed by atoms with van der Waals surface area (Å²) in [6.07, 6.45) is 11.6. The van der Waals surface area contributed by atoms with E-state index in [2.05, 4.69) is 13.8 Å². The molecule has 4 rings (SSSR count). The van der Waals surface area contributed by atoms with Crippen LogP contribution in [0, 0.1) is 40.4 Å². The highest BCUT2D eigenvalue weighted by Gasteiger charge is 2.61. The third-order valence-corrected chi connectivity index (χ3v) is 9.53. The normalized spacial score (nSPS) is 55.3. The number of nitrogens with two attached hydrogens (primary N) is 1. The molecule has 0 aliphatic heterocycles. The maximum Gasteiger partial charge on any atom is 0.0624 e. The lowest BCUT2D eigenvalue weighted by molar-refractivity contribution is -0.134. The maximum atomic E-state index is 11.1. The van der Waals surface area contributed by atoms with Gasteiger partial charge in [-0.1, -0.05) is 13.8 Å². The summed E-state index contributed by atoms with van der Waals surface area (Å²) in [4.78, 5) is 0. The van der Waals surface area contributed by atoms with Crippen molar-refractivity contribution in [1.82, 2.24) is 0 Å². The molecule has 0 heterocycles. The van der Waals surface area contributed by atoms with E-state index in [0.29, 0.717) is 17.3 Å². The van der Waals surface area contributed by atoms with Gasteiger partial charge in [-0.2, -0.15) is 0 Å². The second-order valence-electron chi connectivity index (χ2n) is 10.5. The quantitative estimate of drug-likeness (QED) is 0.727. The van der Waals surface area contributed by atoms with Gasteiger partial charge in [-0.25, -0.2) is 0 Å². The van der Waals surface area contributed by atoms with Crippen molar-refractivity contribution in [2.75, 3.05) is 6.54 Å². The van der Waals surface area contributed by atoms with E-state index in [4.69, 9.17) is 5.73 Å². The molecule has 0 radical (unpaired) electrons. The van der Waals surface area contributed by atoms with E-state index in [1.165, 1.54) is 38.5 Å². The molecule has 0 aromatic rings. The summed E-state index contributed by atoms with van der Waals surface area (Å²) in [5.74, 6) is 3.51. The molecule has 4 saturated carbocycles. The van der Waals surface area contributed by atoms with Gasteiger partial charge in [-0.15, -0.1) is 0 Å². The Balaban J connectivity index is 1.56. The highest BCUT2D eigenvalue weighted by molar-refractivity contribution is 5.11. The topological polar surface area (TPSA) is 66.5 Å². The molecule has 4 fully saturated rings. The van der Waals surface area contributed by atoms with E-state index < -0.39 is 0 Å². The first kappa shape index (κ1) is 18.3. The number of hydrogen-bond acceptors (Lipinski definition) is 3. The second-order valence-corrected chi connectivity index (χ2v) is 10.5. The van der Waals surface area contributed by atoms with Crippen LogP contribution in [-0.4, -0.2) is 29.0 Å². The minimum Gasteiger partial charge on any atom is -0.393 e. The number of fused-ring (bicyclic) bond motifs is 5. The highest BCUT2D eigenvalue weighted by Crippen LogP contribution is 2.67. The van der Waals surface area contributed by atoms with Crippen molar-refractivity contribution in [2.45, 2.75) is 90.3 Å². The molecule has 25 heavy (non-hydrogen) atoms. The zero-order chi connectivity index (χ0) is 17.8. The summed E-state index contributed by atoms with van der Waals surface area (Å²) in [5.41, 5.74) is 6.31. The first-order chi connectivity index (χ1) is 11.9. The van der Waals surface area contributed by atoms with Crippen molar-refractivity contribution < 1.29 is 10.2 Å². The Kier molecular flexibility index (Phi) is 4.74. The van der Waals surface area contributed by atoms with E-state index >= 15 is 0 Å². The minimum absolute atomic E-state index is 0.0579. The van der Waals surface area contributed by atoms with Gasteiger partial charge in [-0.3, -0.25) is 0 Å². The van der Waals surface area contributed by atoms with Crippen molar-refractivity contribution in [3.05, 3.63) is 0 Å². The van der Waals surface area contributed by atoms with Gasteiger partial charge in [0, 0.05) is 0 Å². The minimum atomic E-state index is -0.122. The summed E-state index contributed by atoms with van der Waals surface area (Å²) >= 11 is 0. The molecule has 0 bridgehead atoms. The van der Waals surface area contributed by atoms with Crippen LogP contribution in [0.15, 0.2) is 0 Å². The number of hydrogen-bond donors (Lipinski definition) is 3. The molecule has 4 aliphatic rings. The lowest BCUT2D eigenvalue weighted by Crippen LogP contribution is -2.54. The fourth-order valence-electron chi connectivity index (χ4n) is 8.04. The Hall–Kier alpha value is -0.120. The van der Waals surface area contributed by atoms with Crippen molar-refractivity contribution in [1.29, 1.82) is 0 Å². The number of aliphatic hydroxyl groups is 2. The predicted molar refractivity (Wildman–Crippen MR) is 101 cm³/mol. The lowest BCUT2D eigenvalue weighted by Gasteiger charge is -2.60. The van der Waals surface area contributed by atoms with Crippen molar-refractivity contribution in [3.8, 4) is 0 Å². The van der Waals surface area contributed by atoms with Crippen molar-refractivity contribution >= 4 is 0 Å². The molecular formula is C22H39NO2. The molecule has 0 spiro atoms. The molecule has 0 saturated heterocycles. The summed E-state index contributed by atoms with van der Waals surface area (Å²) in [7, 11) is 0. The summed E-state index contributed by atoms with van der Waals surface area (Å²) in [5, 5.41) is 21.3. The van der Waals surface area contributed by atoms with Gasteiger partial charge in [0.2, 0.25) is 0 Å². The molecule has 4 aliphatic carbocycles. The lowest BCUT2D eigenvalue weighted by atomic mass is 9.45. The van der Waals surface area contributed by atoms with E-state index in [1.807, 2.05) is 0 Å². The number of rotatable bonds is 3. The van der Waals surface area contributed by atoms with E-state index in [-0.39, 0.29) is 17.6 Å². The first-order valence-electron chi connectivity index (χ1n) is 11.0. The molecule has 3 heteroatoms. The fourth-order valence-corrected chi connectivity index (χ4v) is 8.04.